The smallest absolute Gasteiger partial charge is 0.306 e. The Balaban J connectivity index is 4.44. The fourth-order valence-electron chi connectivity index (χ4n) is 4.90. The van der Waals surface area contributed by atoms with Crippen molar-refractivity contribution in [3.8, 4) is 0 Å². The van der Waals surface area contributed by atoms with Gasteiger partial charge in [-0.15, -0.1) is 0 Å². The highest BCUT2D eigenvalue weighted by Gasteiger charge is 2.20. The molecule has 0 bridgehead atoms. The van der Waals surface area contributed by atoms with Crippen molar-refractivity contribution >= 4 is 13.8 Å². The van der Waals surface area contributed by atoms with Gasteiger partial charge in [0.05, 0.1) is 41.0 Å². The molecule has 0 amide bonds. The molecule has 0 fully saturated rings. The van der Waals surface area contributed by atoms with E-state index in [1.165, 1.54) is 44.9 Å². The molecule has 0 radical (unpaired) electrons. The summed E-state index contributed by atoms with van der Waals surface area (Å²) in [6, 6.07) is 0. The summed E-state index contributed by atoms with van der Waals surface area (Å²) < 4.78 is 34.3. The molecule has 0 saturated heterocycles. The van der Waals surface area contributed by atoms with Crippen molar-refractivity contribution in [2.45, 2.75) is 142 Å². The molecule has 0 aliphatic carbocycles. The number of hydrogen-bond acceptors (Lipinski definition) is 7. The van der Waals surface area contributed by atoms with E-state index >= 15 is 0 Å². The summed E-state index contributed by atoms with van der Waals surface area (Å²) in [4.78, 5) is 25.0. The zero-order chi connectivity index (χ0) is 38.4. The number of carbonyl (C=O) groups excluding carboxylic acids is 1. The Morgan fingerprint density at radius 3 is 1.67 bits per heavy atom. The number of ether oxygens (including phenoxy) is 2. The van der Waals surface area contributed by atoms with Crippen LogP contribution in [0.5, 0.6) is 0 Å². The lowest BCUT2D eigenvalue weighted by molar-refractivity contribution is -0.870. The number of phosphoric ester groups is 1. The molecular weight excluding hydrogens is 673 g/mol. The number of allylic oxidation sites excluding steroid dienone is 11. The molecule has 0 aliphatic heterocycles. The van der Waals surface area contributed by atoms with Gasteiger partial charge >= 0.3 is 5.97 Å². The van der Waals surface area contributed by atoms with Gasteiger partial charge in [0.25, 0.3) is 7.82 Å². The second-order valence-electron chi connectivity index (χ2n) is 14.3. The molecule has 0 aromatic carbocycles. The van der Waals surface area contributed by atoms with Crippen LogP contribution in [0.1, 0.15) is 136 Å². The van der Waals surface area contributed by atoms with Crippen LogP contribution in [0, 0.1) is 0 Å². The van der Waals surface area contributed by atoms with Crippen LogP contribution in [0.3, 0.4) is 0 Å². The topological polar surface area (TPSA) is 94.1 Å². The second kappa shape index (κ2) is 35.9. The van der Waals surface area contributed by atoms with E-state index < -0.39 is 13.9 Å². The van der Waals surface area contributed by atoms with E-state index in [-0.39, 0.29) is 32.2 Å². The van der Waals surface area contributed by atoms with E-state index in [2.05, 4.69) is 86.8 Å². The highest BCUT2D eigenvalue weighted by atomic mass is 31.2. The Morgan fingerprint density at radius 2 is 1.12 bits per heavy atom. The first-order chi connectivity index (χ1) is 25.1. The van der Waals surface area contributed by atoms with Crippen LogP contribution in [0.15, 0.2) is 72.9 Å². The average Bonchev–Trinajstić information content (AvgIpc) is 3.09. The Morgan fingerprint density at radius 1 is 0.615 bits per heavy atom. The number of unbranched alkanes of at least 4 members (excludes halogenated alkanes) is 10. The minimum Gasteiger partial charge on any atom is -0.756 e. The third-order valence-corrected chi connectivity index (χ3v) is 8.98. The van der Waals surface area contributed by atoms with Gasteiger partial charge in [-0.1, -0.05) is 132 Å². The largest absolute Gasteiger partial charge is 0.756 e. The summed E-state index contributed by atoms with van der Waals surface area (Å²) >= 11 is 0. The Hall–Kier alpha value is -2.06. The normalized spacial score (nSPS) is 14.7. The lowest BCUT2D eigenvalue weighted by Crippen LogP contribution is -2.37. The van der Waals surface area contributed by atoms with Crippen LogP contribution in [0.4, 0.5) is 0 Å². The van der Waals surface area contributed by atoms with Crippen LogP contribution in [0.2, 0.25) is 0 Å². The minimum atomic E-state index is -4.55. The number of hydrogen-bond donors (Lipinski definition) is 0. The molecule has 0 aliphatic rings. The molecule has 52 heavy (non-hydrogen) atoms. The highest BCUT2D eigenvalue weighted by Crippen LogP contribution is 2.38. The summed E-state index contributed by atoms with van der Waals surface area (Å²) in [5, 5.41) is 0. The van der Waals surface area contributed by atoms with Crippen molar-refractivity contribution in [3.05, 3.63) is 72.9 Å². The quantitative estimate of drug-likeness (QED) is 0.0207. The van der Waals surface area contributed by atoms with Gasteiger partial charge in [-0.25, -0.2) is 0 Å². The van der Waals surface area contributed by atoms with Gasteiger partial charge in [-0.2, -0.15) is 0 Å². The summed E-state index contributed by atoms with van der Waals surface area (Å²) in [7, 11) is 1.29. The molecule has 2 atom stereocenters. The van der Waals surface area contributed by atoms with Crippen LogP contribution in [-0.2, 0) is 27.9 Å². The predicted molar refractivity (Wildman–Crippen MR) is 217 cm³/mol. The zero-order valence-electron chi connectivity index (χ0n) is 33.7. The van der Waals surface area contributed by atoms with Crippen molar-refractivity contribution in [2.75, 3.05) is 54.1 Å². The highest BCUT2D eigenvalue weighted by molar-refractivity contribution is 7.45. The summed E-state index contributed by atoms with van der Waals surface area (Å²) in [5.74, 6) is -0.372. The average molecular weight is 750 g/mol. The number of carbonyl (C=O) groups is 1. The summed E-state index contributed by atoms with van der Waals surface area (Å²) in [6.07, 6.45) is 45.1. The molecule has 0 heterocycles. The van der Waals surface area contributed by atoms with E-state index in [0.29, 0.717) is 24.1 Å². The maximum Gasteiger partial charge on any atom is 0.306 e. The number of likely N-dealkylation sites (N-methyl/N-ethyl adjacent to an activating group) is 1. The maximum atomic E-state index is 12.6. The molecule has 8 nitrogen and oxygen atoms in total. The first kappa shape index (κ1) is 49.9. The first-order valence-corrected chi connectivity index (χ1v) is 21.6. The van der Waals surface area contributed by atoms with Crippen LogP contribution in [0.25, 0.3) is 0 Å². The predicted octanol–water partition coefficient (Wildman–Crippen LogP) is 10.9. The molecule has 0 spiro atoms. The number of rotatable bonds is 36. The van der Waals surface area contributed by atoms with Crippen molar-refractivity contribution < 1.29 is 37.3 Å². The lowest BCUT2D eigenvalue weighted by atomic mass is 10.1. The van der Waals surface area contributed by atoms with Crippen LogP contribution in [-0.4, -0.2) is 70.7 Å². The monoisotopic (exact) mass is 750 g/mol. The summed E-state index contributed by atoms with van der Waals surface area (Å²) in [6.45, 7) is 5.02. The van der Waals surface area contributed by atoms with Gasteiger partial charge in [-0.3, -0.25) is 9.36 Å². The maximum absolute atomic E-state index is 12.6. The van der Waals surface area contributed by atoms with E-state index in [4.69, 9.17) is 18.5 Å². The van der Waals surface area contributed by atoms with Crippen molar-refractivity contribution in [1.82, 2.24) is 0 Å². The molecular formula is C43H76NO7P. The molecule has 0 N–H and O–H groups in total. The van der Waals surface area contributed by atoms with Gasteiger partial charge in [0.2, 0.25) is 0 Å². The van der Waals surface area contributed by atoms with Gasteiger partial charge in [0.15, 0.2) is 0 Å². The number of phosphoric acid groups is 1. The van der Waals surface area contributed by atoms with E-state index in [0.717, 1.165) is 64.2 Å². The molecule has 2 unspecified atom stereocenters. The van der Waals surface area contributed by atoms with Crippen molar-refractivity contribution in [3.63, 3.8) is 0 Å². The van der Waals surface area contributed by atoms with E-state index in [9.17, 15) is 14.3 Å². The SMILES string of the molecule is CC/C=C\C/C=C\C/C=C\C/C=C\C/C=C\CCOCC(COP(=O)([O-])OCC[N+](C)(C)C)OC(=O)CCCCCCC/C=C\CCCCCCC. The molecule has 0 aromatic rings. The zero-order valence-corrected chi connectivity index (χ0v) is 34.6. The number of nitrogens with zero attached hydrogens (tertiary/aromatic N) is 1. The second-order valence-corrected chi connectivity index (χ2v) is 15.7. The number of esters is 1. The van der Waals surface area contributed by atoms with E-state index in [1.54, 1.807) is 0 Å². The van der Waals surface area contributed by atoms with E-state index in [1.807, 2.05) is 21.1 Å². The van der Waals surface area contributed by atoms with Gasteiger partial charge in [0, 0.05) is 6.42 Å². The van der Waals surface area contributed by atoms with Crippen LogP contribution >= 0.6 is 7.82 Å². The lowest BCUT2D eigenvalue weighted by Gasteiger charge is -2.28. The molecule has 300 valence electrons. The summed E-state index contributed by atoms with van der Waals surface area (Å²) in [5.41, 5.74) is 0. The molecule has 0 rings (SSSR count). The van der Waals surface area contributed by atoms with Gasteiger partial charge in [-0.05, 0) is 70.6 Å². The first-order valence-electron chi connectivity index (χ1n) is 20.2. The fourth-order valence-corrected chi connectivity index (χ4v) is 5.63. The molecule has 0 aromatic heterocycles. The number of quaternary nitrogens is 1. The molecule has 0 saturated carbocycles. The molecule has 9 heteroatoms. The fraction of sp³-hybridized carbons (Fsp3) is 0.698. The standard InChI is InChI=1S/C43H76NO7P/c1-6-8-10-12-14-16-18-20-22-23-25-27-29-31-33-35-38-48-40-42(41-50-52(46,47)49-39-37-44(3,4)5)51-43(45)36-34-32-30-28-26-24-21-19-17-15-13-11-9-7-2/h8,10,14,16,19-22,25,27,31,33,42H,6-7,9,11-13,15,17-18,23-24,26,28-30,32,34-41H2,1-5H3/b10-8-,16-14-,21-19-,22-20-,27-25-,33-31-. The Kier molecular flexibility index (Phi) is 34.5. The Labute approximate surface area is 319 Å². The van der Waals surface area contributed by atoms with Gasteiger partial charge < -0.3 is 27.9 Å². The van der Waals surface area contributed by atoms with Crippen molar-refractivity contribution in [2.24, 2.45) is 0 Å². The third-order valence-electron chi connectivity index (χ3n) is 8.01. The van der Waals surface area contributed by atoms with Crippen molar-refractivity contribution in [1.29, 1.82) is 0 Å². The van der Waals surface area contributed by atoms with Crippen LogP contribution < -0.4 is 4.89 Å². The minimum absolute atomic E-state index is 0.00783. The third kappa shape index (κ3) is 39.2. The Bertz CT molecular complexity index is 1060. The van der Waals surface area contributed by atoms with Gasteiger partial charge in [0.1, 0.15) is 19.3 Å².